The molecule has 0 aliphatic carbocycles. The average molecular weight is 273 g/mol. The van der Waals surface area contributed by atoms with Crippen LogP contribution in [0.15, 0.2) is 0 Å². The van der Waals surface area contributed by atoms with E-state index in [-0.39, 0.29) is 12.0 Å². The zero-order valence-corrected chi connectivity index (χ0v) is 12.5. The van der Waals surface area contributed by atoms with Crippen molar-refractivity contribution in [2.24, 2.45) is 0 Å². The van der Waals surface area contributed by atoms with Crippen LogP contribution in [0.3, 0.4) is 0 Å². The predicted molar refractivity (Wildman–Crippen MR) is 74.2 cm³/mol. The molecule has 1 aliphatic heterocycles. The van der Waals surface area contributed by atoms with Crippen LogP contribution >= 0.6 is 0 Å². The summed E-state index contributed by atoms with van der Waals surface area (Å²) in [5, 5.41) is 6.24. The number of rotatable bonds is 7. The first-order valence-corrected chi connectivity index (χ1v) is 6.78. The molecule has 1 saturated heterocycles. The Bertz CT molecular complexity index is 278. The van der Waals surface area contributed by atoms with Gasteiger partial charge in [0.2, 0.25) is 5.91 Å². The number of nitrogens with zero attached hydrogens (tertiary/aromatic N) is 1. The van der Waals surface area contributed by atoms with Crippen molar-refractivity contribution < 1.29 is 14.3 Å². The maximum atomic E-state index is 12.3. The molecule has 0 bridgehead atoms. The Morgan fingerprint density at radius 3 is 2.53 bits per heavy atom. The SMILES string of the molecule is COCC(CNC(=O)C(C)(C)N1CCNCC1)OC. The number of hydrogen-bond acceptors (Lipinski definition) is 5. The van der Waals surface area contributed by atoms with Gasteiger partial charge in [-0.15, -0.1) is 0 Å². The van der Waals surface area contributed by atoms with Crippen LogP contribution in [-0.4, -0.2) is 76.0 Å². The van der Waals surface area contributed by atoms with Crippen LogP contribution in [0.5, 0.6) is 0 Å². The van der Waals surface area contributed by atoms with Gasteiger partial charge in [0.05, 0.1) is 18.2 Å². The van der Waals surface area contributed by atoms with E-state index in [1.807, 2.05) is 13.8 Å². The highest BCUT2D eigenvalue weighted by atomic mass is 16.5. The van der Waals surface area contributed by atoms with Crippen molar-refractivity contribution in [3.05, 3.63) is 0 Å². The lowest BCUT2D eigenvalue weighted by atomic mass is 10.0. The lowest BCUT2D eigenvalue weighted by Gasteiger charge is -2.40. The summed E-state index contributed by atoms with van der Waals surface area (Å²) in [7, 11) is 3.25. The Hall–Kier alpha value is -0.690. The maximum Gasteiger partial charge on any atom is 0.240 e. The summed E-state index contributed by atoms with van der Waals surface area (Å²) in [6.07, 6.45) is -0.104. The number of nitrogens with one attached hydrogen (secondary N) is 2. The quantitative estimate of drug-likeness (QED) is 0.651. The van der Waals surface area contributed by atoms with Crippen molar-refractivity contribution in [1.82, 2.24) is 15.5 Å². The minimum Gasteiger partial charge on any atom is -0.382 e. The molecule has 1 amide bonds. The second kappa shape index (κ2) is 7.79. The van der Waals surface area contributed by atoms with E-state index in [0.29, 0.717) is 13.2 Å². The summed E-state index contributed by atoms with van der Waals surface area (Å²) in [6, 6.07) is 0. The van der Waals surface area contributed by atoms with Gasteiger partial charge in [-0.05, 0) is 13.8 Å². The van der Waals surface area contributed by atoms with Crippen molar-refractivity contribution in [3.63, 3.8) is 0 Å². The van der Waals surface area contributed by atoms with Crippen molar-refractivity contribution in [1.29, 1.82) is 0 Å². The lowest BCUT2D eigenvalue weighted by Crippen LogP contribution is -2.60. The van der Waals surface area contributed by atoms with Crippen LogP contribution in [0.2, 0.25) is 0 Å². The van der Waals surface area contributed by atoms with Crippen molar-refractivity contribution >= 4 is 5.91 Å². The molecule has 0 spiro atoms. The molecular formula is C13H27N3O3. The first-order valence-electron chi connectivity index (χ1n) is 6.78. The maximum absolute atomic E-state index is 12.3. The molecule has 1 heterocycles. The number of amides is 1. The Kier molecular flexibility index (Phi) is 6.71. The smallest absolute Gasteiger partial charge is 0.240 e. The molecule has 1 unspecified atom stereocenters. The van der Waals surface area contributed by atoms with Gasteiger partial charge in [0, 0.05) is 46.9 Å². The molecule has 0 aromatic carbocycles. The van der Waals surface area contributed by atoms with Crippen LogP contribution in [0.1, 0.15) is 13.8 Å². The Labute approximate surface area is 115 Å². The van der Waals surface area contributed by atoms with Gasteiger partial charge in [-0.25, -0.2) is 0 Å². The third-order valence-electron chi connectivity index (χ3n) is 3.64. The first kappa shape index (κ1) is 16.4. The fraction of sp³-hybridized carbons (Fsp3) is 0.923. The number of carbonyl (C=O) groups excluding carboxylic acids is 1. The Morgan fingerprint density at radius 2 is 2.00 bits per heavy atom. The van der Waals surface area contributed by atoms with E-state index in [2.05, 4.69) is 15.5 Å². The van der Waals surface area contributed by atoms with Crippen molar-refractivity contribution in [3.8, 4) is 0 Å². The molecule has 0 aromatic rings. The van der Waals surface area contributed by atoms with E-state index in [9.17, 15) is 4.79 Å². The molecule has 1 rings (SSSR count). The molecular weight excluding hydrogens is 246 g/mol. The molecule has 1 atom stereocenters. The summed E-state index contributed by atoms with van der Waals surface area (Å²) in [4.78, 5) is 14.5. The summed E-state index contributed by atoms with van der Waals surface area (Å²) < 4.78 is 10.3. The topological polar surface area (TPSA) is 62.8 Å². The van der Waals surface area contributed by atoms with Gasteiger partial charge >= 0.3 is 0 Å². The van der Waals surface area contributed by atoms with Gasteiger partial charge < -0.3 is 20.1 Å². The molecule has 0 radical (unpaired) electrons. The van der Waals surface area contributed by atoms with Crippen LogP contribution in [0, 0.1) is 0 Å². The highest BCUT2D eigenvalue weighted by molar-refractivity contribution is 5.85. The summed E-state index contributed by atoms with van der Waals surface area (Å²) in [6.45, 7) is 8.53. The third kappa shape index (κ3) is 4.72. The molecule has 1 aliphatic rings. The Morgan fingerprint density at radius 1 is 1.37 bits per heavy atom. The summed E-state index contributed by atoms with van der Waals surface area (Å²) >= 11 is 0. The van der Waals surface area contributed by atoms with E-state index < -0.39 is 5.54 Å². The van der Waals surface area contributed by atoms with E-state index >= 15 is 0 Å². The highest BCUT2D eigenvalue weighted by Crippen LogP contribution is 2.15. The number of methoxy groups -OCH3 is 2. The third-order valence-corrected chi connectivity index (χ3v) is 3.64. The lowest BCUT2D eigenvalue weighted by molar-refractivity contribution is -0.132. The van der Waals surface area contributed by atoms with Crippen LogP contribution < -0.4 is 10.6 Å². The number of piperazine rings is 1. The second-order valence-corrected chi connectivity index (χ2v) is 5.32. The van der Waals surface area contributed by atoms with E-state index in [0.717, 1.165) is 26.2 Å². The second-order valence-electron chi connectivity index (χ2n) is 5.32. The van der Waals surface area contributed by atoms with Gasteiger partial charge in [0.1, 0.15) is 0 Å². The fourth-order valence-corrected chi connectivity index (χ4v) is 2.19. The zero-order valence-electron chi connectivity index (χ0n) is 12.5. The standard InChI is InChI=1S/C13H27N3O3/c1-13(2,16-7-5-14-6-8-16)12(17)15-9-11(19-4)10-18-3/h11,14H,5-10H2,1-4H3,(H,15,17). The minimum atomic E-state index is -0.493. The van der Waals surface area contributed by atoms with Crippen LogP contribution in [0.25, 0.3) is 0 Å². The summed E-state index contributed by atoms with van der Waals surface area (Å²) in [5.74, 6) is 0.0348. The molecule has 6 nitrogen and oxygen atoms in total. The largest absolute Gasteiger partial charge is 0.382 e. The van der Waals surface area contributed by atoms with Gasteiger partial charge in [-0.3, -0.25) is 9.69 Å². The minimum absolute atomic E-state index is 0.0348. The predicted octanol–water partition coefficient (Wildman–Crippen LogP) is -0.552. The molecule has 19 heavy (non-hydrogen) atoms. The van der Waals surface area contributed by atoms with Gasteiger partial charge in [-0.1, -0.05) is 0 Å². The molecule has 0 saturated carbocycles. The van der Waals surface area contributed by atoms with Gasteiger partial charge in [0.25, 0.3) is 0 Å². The molecule has 112 valence electrons. The normalized spacial score (nSPS) is 19.2. The van der Waals surface area contributed by atoms with Crippen molar-refractivity contribution in [2.45, 2.75) is 25.5 Å². The van der Waals surface area contributed by atoms with Crippen LogP contribution in [0.4, 0.5) is 0 Å². The first-order chi connectivity index (χ1) is 9.02. The number of ether oxygens (including phenoxy) is 2. The fourth-order valence-electron chi connectivity index (χ4n) is 2.19. The molecule has 1 fully saturated rings. The highest BCUT2D eigenvalue weighted by Gasteiger charge is 2.35. The van der Waals surface area contributed by atoms with E-state index in [1.165, 1.54) is 0 Å². The molecule has 6 heteroatoms. The van der Waals surface area contributed by atoms with E-state index in [4.69, 9.17) is 9.47 Å². The van der Waals surface area contributed by atoms with Gasteiger partial charge in [-0.2, -0.15) is 0 Å². The zero-order chi connectivity index (χ0) is 14.3. The average Bonchev–Trinajstić information content (AvgIpc) is 2.43. The van der Waals surface area contributed by atoms with Crippen molar-refractivity contribution in [2.75, 3.05) is 53.6 Å². The monoisotopic (exact) mass is 273 g/mol. The summed E-state index contributed by atoms with van der Waals surface area (Å²) in [5.41, 5.74) is -0.493. The number of carbonyl (C=O) groups is 1. The number of hydrogen-bond donors (Lipinski definition) is 2. The van der Waals surface area contributed by atoms with Crippen LogP contribution in [-0.2, 0) is 14.3 Å². The Balaban J connectivity index is 2.45. The molecule has 0 aromatic heterocycles. The van der Waals surface area contributed by atoms with E-state index in [1.54, 1.807) is 14.2 Å². The molecule has 2 N–H and O–H groups in total. The van der Waals surface area contributed by atoms with Gasteiger partial charge in [0.15, 0.2) is 0 Å².